The van der Waals surface area contributed by atoms with Gasteiger partial charge in [0.1, 0.15) is 11.3 Å². The fraction of sp³-hybridized carbons (Fsp3) is 0.400. The molecule has 170 valence electrons. The topological polar surface area (TPSA) is 79.0 Å². The lowest BCUT2D eigenvalue weighted by atomic mass is 9.75. The summed E-state index contributed by atoms with van der Waals surface area (Å²) in [5, 5.41) is 3.54. The van der Waals surface area contributed by atoms with Crippen LogP contribution in [0.15, 0.2) is 30.3 Å². The van der Waals surface area contributed by atoms with Gasteiger partial charge in [-0.2, -0.15) is 0 Å². The zero-order chi connectivity index (χ0) is 23.2. The largest absolute Gasteiger partial charge is 0.495 e. The zero-order valence-corrected chi connectivity index (χ0v) is 19.4. The summed E-state index contributed by atoms with van der Waals surface area (Å²) >= 11 is 6.27. The van der Waals surface area contributed by atoms with Crippen LogP contribution >= 0.6 is 11.6 Å². The molecule has 3 fully saturated rings. The minimum Gasteiger partial charge on any atom is -0.495 e. The van der Waals surface area contributed by atoms with E-state index in [4.69, 9.17) is 16.3 Å². The van der Waals surface area contributed by atoms with E-state index in [0.29, 0.717) is 23.0 Å². The maximum Gasteiger partial charge on any atom is 0.250 e. The van der Waals surface area contributed by atoms with Crippen molar-refractivity contribution in [3.8, 4) is 5.75 Å². The lowest BCUT2D eigenvalue weighted by Gasteiger charge is -2.36. The standard InChI is InChI=1S/C25H24ClN3O4/c1-12-6-4-7-14-21(12)27-24(32)25(14)20-19(16-8-5-9-28(16)25)22(30)29(23(20)31)17-10-13(2)15(26)11-18(17)33-3/h4,6-7,10-11,16,19-20H,5,8-9H2,1-3H3,(H,27,32)/t16-,19+,20+,25+/m0/s1. The van der Waals surface area contributed by atoms with Gasteiger partial charge in [-0.05, 0) is 50.4 Å². The first-order valence-corrected chi connectivity index (χ1v) is 11.6. The third-order valence-corrected chi connectivity index (χ3v) is 8.34. The second-order valence-corrected chi connectivity index (χ2v) is 9.82. The molecule has 0 aromatic heterocycles. The molecule has 0 radical (unpaired) electrons. The van der Waals surface area contributed by atoms with E-state index >= 15 is 0 Å². The van der Waals surface area contributed by atoms with Gasteiger partial charge in [-0.3, -0.25) is 19.3 Å². The van der Waals surface area contributed by atoms with Crippen molar-refractivity contribution in [3.63, 3.8) is 0 Å². The van der Waals surface area contributed by atoms with Gasteiger partial charge in [-0.15, -0.1) is 0 Å². The Hall–Kier alpha value is -2.90. The summed E-state index contributed by atoms with van der Waals surface area (Å²) in [6, 6.07) is 8.96. The highest BCUT2D eigenvalue weighted by Crippen LogP contribution is 2.61. The van der Waals surface area contributed by atoms with Crippen LogP contribution in [0.5, 0.6) is 5.75 Å². The zero-order valence-electron chi connectivity index (χ0n) is 18.6. The second kappa shape index (κ2) is 6.81. The van der Waals surface area contributed by atoms with Crippen molar-refractivity contribution in [3.05, 3.63) is 52.0 Å². The predicted molar refractivity (Wildman–Crippen MR) is 123 cm³/mol. The van der Waals surface area contributed by atoms with Crippen LogP contribution in [0.1, 0.15) is 29.5 Å². The number of fused-ring (bicyclic) bond motifs is 7. The monoisotopic (exact) mass is 465 g/mol. The van der Waals surface area contributed by atoms with Crippen LogP contribution in [0.3, 0.4) is 0 Å². The number of imide groups is 1. The Bertz CT molecular complexity index is 1260. The molecule has 0 unspecified atom stereocenters. The molecule has 4 atom stereocenters. The molecule has 1 N–H and O–H groups in total. The molecular weight excluding hydrogens is 442 g/mol. The molecule has 1 spiro atoms. The van der Waals surface area contributed by atoms with E-state index in [1.54, 1.807) is 12.1 Å². The molecule has 4 aliphatic rings. The van der Waals surface area contributed by atoms with Crippen molar-refractivity contribution in [1.82, 2.24) is 4.90 Å². The summed E-state index contributed by atoms with van der Waals surface area (Å²) in [7, 11) is 1.49. The molecule has 0 aliphatic carbocycles. The number of carbonyl (C=O) groups excluding carboxylic acids is 3. The van der Waals surface area contributed by atoms with Crippen LogP contribution < -0.4 is 15.0 Å². The average molecular weight is 466 g/mol. The number of ether oxygens (including phenoxy) is 1. The Morgan fingerprint density at radius 3 is 2.67 bits per heavy atom. The van der Waals surface area contributed by atoms with Crippen LogP contribution in [0, 0.1) is 25.7 Å². The van der Waals surface area contributed by atoms with E-state index in [1.807, 2.05) is 32.0 Å². The van der Waals surface area contributed by atoms with Crippen LogP contribution in [0.25, 0.3) is 0 Å². The number of nitrogens with zero attached hydrogens (tertiary/aromatic N) is 2. The molecule has 6 rings (SSSR count). The van der Waals surface area contributed by atoms with Crippen molar-refractivity contribution in [1.29, 1.82) is 0 Å². The lowest BCUT2D eigenvalue weighted by Crippen LogP contribution is -2.54. The molecule has 2 aromatic carbocycles. The fourth-order valence-corrected chi connectivity index (χ4v) is 6.75. The van der Waals surface area contributed by atoms with Gasteiger partial charge in [-0.25, -0.2) is 4.90 Å². The number of rotatable bonds is 2. The summed E-state index contributed by atoms with van der Waals surface area (Å²) in [5.74, 6) is -1.86. The SMILES string of the molecule is COc1cc(Cl)c(C)cc1N1C(=O)[C@@H]2[C@@H]3CCCN3[C@@]3(C(=O)Nc4c(C)cccc43)[C@H]2C1=O. The second-order valence-electron chi connectivity index (χ2n) is 9.41. The summed E-state index contributed by atoms with van der Waals surface area (Å²) in [6.07, 6.45) is 1.66. The lowest BCUT2D eigenvalue weighted by molar-refractivity contribution is -0.135. The Morgan fingerprint density at radius 2 is 1.91 bits per heavy atom. The molecule has 0 saturated carbocycles. The maximum absolute atomic E-state index is 14.1. The summed E-state index contributed by atoms with van der Waals surface area (Å²) in [4.78, 5) is 45.1. The van der Waals surface area contributed by atoms with E-state index in [2.05, 4.69) is 10.2 Å². The van der Waals surface area contributed by atoms with Gasteiger partial charge < -0.3 is 10.1 Å². The highest BCUT2D eigenvalue weighted by Gasteiger charge is 2.74. The molecule has 3 amide bonds. The Balaban J connectivity index is 1.57. The number of carbonyl (C=O) groups is 3. The Labute approximate surface area is 196 Å². The molecule has 4 aliphatic heterocycles. The highest BCUT2D eigenvalue weighted by molar-refractivity contribution is 6.32. The van der Waals surface area contributed by atoms with E-state index < -0.39 is 17.4 Å². The number of benzene rings is 2. The molecular formula is C25H24ClN3O4. The van der Waals surface area contributed by atoms with Gasteiger partial charge in [0.25, 0.3) is 0 Å². The number of amides is 3. The minimum atomic E-state index is -1.18. The van der Waals surface area contributed by atoms with Crippen molar-refractivity contribution in [2.75, 3.05) is 23.9 Å². The number of para-hydroxylation sites is 1. The normalized spacial score (nSPS) is 30.1. The van der Waals surface area contributed by atoms with Gasteiger partial charge in [0, 0.05) is 28.4 Å². The molecule has 2 aromatic rings. The van der Waals surface area contributed by atoms with E-state index in [1.165, 1.54) is 12.0 Å². The van der Waals surface area contributed by atoms with Crippen LogP contribution in [-0.2, 0) is 19.9 Å². The fourth-order valence-electron chi connectivity index (χ4n) is 6.60. The first-order valence-electron chi connectivity index (χ1n) is 11.2. The first-order chi connectivity index (χ1) is 15.8. The van der Waals surface area contributed by atoms with Crippen molar-refractivity contribution in [2.45, 2.75) is 38.3 Å². The number of hydrogen-bond acceptors (Lipinski definition) is 5. The van der Waals surface area contributed by atoms with Crippen molar-refractivity contribution >= 4 is 40.7 Å². The van der Waals surface area contributed by atoms with Crippen LogP contribution in [-0.4, -0.2) is 42.3 Å². The van der Waals surface area contributed by atoms with Gasteiger partial charge in [-0.1, -0.05) is 29.8 Å². The predicted octanol–water partition coefficient (Wildman–Crippen LogP) is 3.40. The van der Waals surface area contributed by atoms with Crippen molar-refractivity contribution in [2.24, 2.45) is 11.8 Å². The summed E-state index contributed by atoms with van der Waals surface area (Å²) < 4.78 is 5.49. The van der Waals surface area contributed by atoms with Crippen molar-refractivity contribution < 1.29 is 19.1 Å². The molecule has 7 nitrogen and oxygen atoms in total. The number of nitrogens with one attached hydrogen (secondary N) is 1. The summed E-state index contributed by atoms with van der Waals surface area (Å²) in [5.41, 5.74) is 2.44. The van der Waals surface area contributed by atoms with Gasteiger partial charge in [0.15, 0.2) is 0 Å². The van der Waals surface area contributed by atoms with E-state index in [-0.39, 0.29) is 23.8 Å². The third-order valence-electron chi connectivity index (χ3n) is 7.94. The molecule has 8 heteroatoms. The number of hydrogen-bond donors (Lipinski definition) is 1. The maximum atomic E-state index is 14.1. The molecule has 3 saturated heterocycles. The Morgan fingerprint density at radius 1 is 1.12 bits per heavy atom. The number of aryl methyl sites for hydroxylation is 2. The van der Waals surface area contributed by atoms with Gasteiger partial charge in [0.05, 0.1) is 24.6 Å². The summed E-state index contributed by atoms with van der Waals surface area (Å²) in [6.45, 7) is 4.45. The highest BCUT2D eigenvalue weighted by atomic mass is 35.5. The first kappa shape index (κ1) is 20.7. The molecule has 4 heterocycles. The Kier molecular flexibility index (Phi) is 4.27. The van der Waals surface area contributed by atoms with E-state index in [9.17, 15) is 14.4 Å². The molecule has 33 heavy (non-hydrogen) atoms. The molecule has 0 bridgehead atoms. The average Bonchev–Trinajstić information content (AvgIpc) is 3.49. The number of methoxy groups -OCH3 is 1. The van der Waals surface area contributed by atoms with Crippen LogP contribution in [0.2, 0.25) is 5.02 Å². The van der Waals surface area contributed by atoms with Crippen LogP contribution in [0.4, 0.5) is 11.4 Å². The third kappa shape index (κ3) is 2.36. The minimum absolute atomic E-state index is 0.159. The van der Waals surface area contributed by atoms with Gasteiger partial charge >= 0.3 is 0 Å². The van der Waals surface area contributed by atoms with E-state index in [0.717, 1.165) is 35.2 Å². The van der Waals surface area contributed by atoms with Gasteiger partial charge in [0.2, 0.25) is 17.7 Å². The number of halogens is 1. The smallest absolute Gasteiger partial charge is 0.250 e. The quantitative estimate of drug-likeness (QED) is 0.688. The number of anilines is 2.